The van der Waals surface area contributed by atoms with Crippen molar-refractivity contribution >= 4 is 17.3 Å². The number of hydrogen-bond acceptors (Lipinski definition) is 5. The zero-order valence-corrected chi connectivity index (χ0v) is 11.9. The lowest BCUT2D eigenvalue weighted by Crippen LogP contribution is -2.37. The topological polar surface area (TPSA) is 56.8 Å². The summed E-state index contributed by atoms with van der Waals surface area (Å²) in [6.07, 6.45) is 2.42. The molecule has 5 nitrogen and oxygen atoms in total. The second kappa shape index (κ2) is 5.71. The van der Waals surface area contributed by atoms with Crippen molar-refractivity contribution in [1.82, 2.24) is 20.5 Å². The number of nitrogens with one attached hydrogen (secondary N) is 2. The molecule has 0 radical (unpaired) electrons. The number of hydrogen-bond donors (Lipinski definition) is 2. The normalized spacial score (nSPS) is 17.0. The Morgan fingerprint density at radius 1 is 1.47 bits per heavy atom. The number of aromatic nitrogens is 3. The van der Waals surface area contributed by atoms with Gasteiger partial charge in [0.1, 0.15) is 0 Å². The SMILES string of the molecule is CNCC1CCN(c2n[nH]c(-c3ccsc3)n2)CC1. The summed E-state index contributed by atoms with van der Waals surface area (Å²) < 4.78 is 0. The van der Waals surface area contributed by atoms with Crippen LogP contribution in [0.4, 0.5) is 5.95 Å². The van der Waals surface area contributed by atoms with Crippen molar-refractivity contribution in [3.63, 3.8) is 0 Å². The fourth-order valence-corrected chi connectivity index (χ4v) is 3.19. The largest absolute Gasteiger partial charge is 0.340 e. The fourth-order valence-electron chi connectivity index (χ4n) is 2.55. The molecular formula is C13H19N5S. The molecule has 1 saturated heterocycles. The van der Waals surface area contributed by atoms with Crippen LogP contribution in [-0.4, -0.2) is 41.9 Å². The van der Waals surface area contributed by atoms with Crippen LogP contribution in [0.2, 0.25) is 0 Å². The number of aromatic amines is 1. The van der Waals surface area contributed by atoms with Crippen LogP contribution in [0.25, 0.3) is 11.4 Å². The van der Waals surface area contributed by atoms with Gasteiger partial charge in [-0.2, -0.15) is 16.3 Å². The highest BCUT2D eigenvalue weighted by Crippen LogP contribution is 2.23. The lowest BCUT2D eigenvalue weighted by Gasteiger charge is -2.30. The maximum atomic E-state index is 4.60. The summed E-state index contributed by atoms with van der Waals surface area (Å²) in [7, 11) is 2.02. The molecule has 3 heterocycles. The van der Waals surface area contributed by atoms with Gasteiger partial charge in [0.25, 0.3) is 0 Å². The maximum Gasteiger partial charge on any atom is 0.245 e. The quantitative estimate of drug-likeness (QED) is 0.897. The molecule has 0 unspecified atom stereocenters. The van der Waals surface area contributed by atoms with Gasteiger partial charge >= 0.3 is 0 Å². The molecule has 1 aliphatic rings. The third-order valence-corrected chi connectivity index (χ3v) is 4.34. The summed E-state index contributed by atoms with van der Waals surface area (Å²) >= 11 is 1.68. The lowest BCUT2D eigenvalue weighted by atomic mass is 9.97. The smallest absolute Gasteiger partial charge is 0.245 e. The van der Waals surface area contributed by atoms with Crippen molar-refractivity contribution in [2.45, 2.75) is 12.8 Å². The third kappa shape index (κ3) is 2.79. The second-order valence-corrected chi connectivity index (χ2v) is 5.76. The number of anilines is 1. The molecule has 0 bridgehead atoms. The van der Waals surface area contributed by atoms with Crippen molar-refractivity contribution in [3.05, 3.63) is 16.8 Å². The van der Waals surface area contributed by atoms with E-state index >= 15 is 0 Å². The van der Waals surface area contributed by atoms with Crippen LogP contribution in [0.1, 0.15) is 12.8 Å². The van der Waals surface area contributed by atoms with Crippen molar-refractivity contribution < 1.29 is 0 Å². The summed E-state index contributed by atoms with van der Waals surface area (Å²) in [5, 5.41) is 14.8. The van der Waals surface area contributed by atoms with E-state index in [0.717, 1.165) is 42.9 Å². The average molecular weight is 277 g/mol. The minimum atomic E-state index is 0.788. The van der Waals surface area contributed by atoms with Gasteiger partial charge in [-0.3, -0.25) is 5.10 Å². The monoisotopic (exact) mass is 277 g/mol. The van der Waals surface area contributed by atoms with E-state index < -0.39 is 0 Å². The summed E-state index contributed by atoms with van der Waals surface area (Å²) in [5.41, 5.74) is 1.12. The summed E-state index contributed by atoms with van der Waals surface area (Å²) in [5.74, 6) is 2.49. The zero-order valence-electron chi connectivity index (χ0n) is 11.1. The Morgan fingerprint density at radius 2 is 2.32 bits per heavy atom. The minimum Gasteiger partial charge on any atom is -0.340 e. The van der Waals surface area contributed by atoms with Gasteiger partial charge in [0.05, 0.1) is 0 Å². The molecule has 0 amide bonds. The van der Waals surface area contributed by atoms with Gasteiger partial charge in [0.2, 0.25) is 5.95 Å². The van der Waals surface area contributed by atoms with Gasteiger partial charge in [-0.25, -0.2) is 0 Å². The van der Waals surface area contributed by atoms with Gasteiger partial charge in [0.15, 0.2) is 5.82 Å². The molecule has 19 heavy (non-hydrogen) atoms. The van der Waals surface area contributed by atoms with Gasteiger partial charge in [-0.15, -0.1) is 5.10 Å². The third-order valence-electron chi connectivity index (χ3n) is 3.66. The average Bonchev–Trinajstić information content (AvgIpc) is 3.11. The highest BCUT2D eigenvalue weighted by molar-refractivity contribution is 7.08. The van der Waals surface area contributed by atoms with E-state index in [9.17, 15) is 0 Å². The van der Waals surface area contributed by atoms with Gasteiger partial charge in [-0.05, 0) is 43.8 Å². The number of H-pyrrole nitrogens is 1. The Labute approximate surface area is 117 Å². The summed E-state index contributed by atoms with van der Waals surface area (Å²) in [6.45, 7) is 3.21. The van der Waals surface area contributed by atoms with Crippen molar-refractivity contribution in [3.8, 4) is 11.4 Å². The molecule has 0 spiro atoms. The first kappa shape index (κ1) is 12.6. The molecule has 1 aliphatic heterocycles. The first-order chi connectivity index (χ1) is 9.36. The van der Waals surface area contributed by atoms with Crippen LogP contribution >= 0.6 is 11.3 Å². The van der Waals surface area contributed by atoms with E-state index in [-0.39, 0.29) is 0 Å². The number of piperidine rings is 1. The van der Waals surface area contributed by atoms with E-state index in [4.69, 9.17) is 0 Å². The van der Waals surface area contributed by atoms with Crippen LogP contribution in [0.15, 0.2) is 16.8 Å². The molecule has 0 saturated carbocycles. The van der Waals surface area contributed by atoms with Gasteiger partial charge in [-0.1, -0.05) is 0 Å². The molecule has 2 N–H and O–H groups in total. The van der Waals surface area contributed by atoms with E-state index in [0.29, 0.717) is 0 Å². The van der Waals surface area contributed by atoms with Crippen molar-refractivity contribution in [2.24, 2.45) is 5.92 Å². The first-order valence-electron chi connectivity index (χ1n) is 6.71. The first-order valence-corrected chi connectivity index (χ1v) is 7.65. The van der Waals surface area contributed by atoms with E-state index in [2.05, 4.69) is 42.2 Å². The predicted octanol–water partition coefficient (Wildman–Crippen LogP) is 1.97. The highest BCUT2D eigenvalue weighted by Gasteiger charge is 2.21. The van der Waals surface area contributed by atoms with E-state index in [1.807, 2.05) is 7.05 Å². The summed E-state index contributed by atoms with van der Waals surface area (Å²) in [4.78, 5) is 6.87. The highest BCUT2D eigenvalue weighted by atomic mass is 32.1. The Balaban J connectivity index is 1.64. The van der Waals surface area contributed by atoms with Crippen molar-refractivity contribution in [1.29, 1.82) is 0 Å². The van der Waals surface area contributed by atoms with Gasteiger partial charge < -0.3 is 10.2 Å². The summed E-state index contributed by atoms with van der Waals surface area (Å²) in [6, 6.07) is 2.06. The fraction of sp³-hybridized carbons (Fsp3) is 0.538. The molecule has 0 aromatic carbocycles. The van der Waals surface area contributed by atoms with Crippen LogP contribution in [0.3, 0.4) is 0 Å². The second-order valence-electron chi connectivity index (χ2n) is 4.98. The molecule has 102 valence electrons. The minimum absolute atomic E-state index is 0.788. The molecule has 1 fully saturated rings. The van der Waals surface area contributed by atoms with E-state index in [1.165, 1.54) is 12.8 Å². The zero-order chi connectivity index (χ0) is 13.1. The molecule has 2 aromatic rings. The lowest BCUT2D eigenvalue weighted by molar-refractivity contribution is 0.391. The Hall–Kier alpha value is -1.40. The Kier molecular flexibility index (Phi) is 3.79. The predicted molar refractivity (Wildman–Crippen MR) is 78.6 cm³/mol. The molecule has 6 heteroatoms. The van der Waals surface area contributed by atoms with E-state index in [1.54, 1.807) is 11.3 Å². The Bertz CT molecular complexity index is 499. The van der Waals surface area contributed by atoms with Crippen LogP contribution in [0.5, 0.6) is 0 Å². The molecule has 0 aliphatic carbocycles. The molecule has 3 rings (SSSR count). The molecular weight excluding hydrogens is 258 g/mol. The number of thiophene rings is 1. The number of nitrogens with zero attached hydrogens (tertiary/aromatic N) is 3. The standard InChI is InChI=1S/C13H19N5S/c1-14-8-10-2-5-18(6-3-10)13-15-12(16-17-13)11-4-7-19-9-11/h4,7,9-10,14H,2-3,5-6,8H2,1H3,(H,15,16,17). The van der Waals surface area contributed by atoms with Crippen LogP contribution < -0.4 is 10.2 Å². The van der Waals surface area contributed by atoms with Crippen molar-refractivity contribution in [2.75, 3.05) is 31.6 Å². The Morgan fingerprint density at radius 3 is 3.00 bits per heavy atom. The van der Waals surface area contributed by atoms with Crippen LogP contribution in [0, 0.1) is 5.92 Å². The molecule has 0 atom stereocenters. The van der Waals surface area contributed by atoms with Gasteiger partial charge in [0, 0.05) is 24.0 Å². The number of rotatable bonds is 4. The molecule has 2 aromatic heterocycles. The van der Waals surface area contributed by atoms with Crippen LogP contribution in [-0.2, 0) is 0 Å². The maximum absolute atomic E-state index is 4.60.